The molecule has 1 atom stereocenters. The van der Waals surface area contributed by atoms with Gasteiger partial charge >= 0.3 is 5.69 Å². The monoisotopic (exact) mass is 373 g/mol. The number of aromatic amines is 1. The zero-order valence-corrected chi connectivity index (χ0v) is 15.0. The van der Waals surface area contributed by atoms with Gasteiger partial charge in [-0.3, -0.25) is 9.59 Å². The minimum atomic E-state index is -0.890. The molecule has 7 nitrogen and oxygen atoms in total. The standard InChI is InChI=1S/C18H19N3O4S/c1-26-10-8-15(16(22)19-11-12-5-4-9-25-12)21-17(23)13-6-2-3-7-14(13)20-18(21)24/h2-7,9,15H,8,10-11H2,1H3,(H,19,22)(H,20,24). The predicted molar refractivity (Wildman–Crippen MR) is 101 cm³/mol. The van der Waals surface area contributed by atoms with E-state index in [0.717, 1.165) is 4.57 Å². The quantitative estimate of drug-likeness (QED) is 0.659. The number of carbonyl (C=O) groups excluding carboxylic acids is 1. The molecule has 0 bridgehead atoms. The Bertz CT molecular complexity index is 1010. The molecule has 8 heteroatoms. The third-order valence-electron chi connectivity index (χ3n) is 4.06. The minimum Gasteiger partial charge on any atom is -0.467 e. The summed E-state index contributed by atoms with van der Waals surface area (Å²) in [6, 6.07) is 9.34. The number of benzene rings is 1. The molecule has 26 heavy (non-hydrogen) atoms. The van der Waals surface area contributed by atoms with Gasteiger partial charge in [0.15, 0.2) is 0 Å². The Balaban J connectivity index is 1.97. The highest BCUT2D eigenvalue weighted by Gasteiger charge is 2.24. The van der Waals surface area contributed by atoms with Crippen molar-refractivity contribution in [3.05, 3.63) is 69.3 Å². The summed E-state index contributed by atoms with van der Waals surface area (Å²) < 4.78 is 6.21. The van der Waals surface area contributed by atoms with Crippen LogP contribution in [0.1, 0.15) is 18.2 Å². The molecule has 1 aromatic carbocycles. The normalized spacial score (nSPS) is 12.2. The number of rotatable bonds is 7. The fourth-order valence-electron chi connectivity index (χ4n) is 2.77. The van der Waals surface area contributed by atoms with Crippen LogP contribution < -0.4 is 16.6 Å². The molecule has 0 radical (unpaired) electrons. The maximum Gasteiger partial charge on any atom is 0.329 e. The van der Waals surface area contributed by atoms with Crippen LogP contribution in [-0.2, 0) is 11.3 Å². The lowest BCUT2D eigenvalue weighted by molar-refractivity contribution is -0.124. The Morgan fingerprint density at radius 2 is 2.08 bits per heavy atom. The summed E-state index contributed by atoms with van der Waals surface area (Å²) in [5.74, 6) is 0.845. The molecule has 1 amide bonds. The lowest BCUT2D eigenvalue weighted by Crippen LogP contribution is -2.44. The molecule has 2 aromatic heterocycles. The molecule has 0 saturated heterocycles. The summed E-state index contributed by atoms with van der Waals surface area (Å²) in [6.45, 7) is 0.196. The van der Waals surface area contributed by atoms with Crippen molar-refractivity contribution in [2.75, 3.05) is 12.0 Å². The second-order valence-electron chi connectivity index (χ2n) is 5.75. The van der Waals surface area contributed by atoms with Crippen molar-refractivity contribution in [1.29, 1.82) is 0 Å². The topological polar surface area (TPSA) is 97.1 Å². The van der Waals surface area contributed by atoms with E-state index >= 15 is 0 Å². The van der Waals surface area contributed by atoms with Crippen molar-refractivity contribution in [2.24, 2.45) is 0 Å². The number of nitrogens with one attached hydrogen (secondary N) is 2. The molecule has 3 aromatic rings. The Kier molecular flexibility index (Phi) is 5.62. The van der Waals surface area contributed by atoms with Gasteiger partial charge in [-0.05, 0) is 42.7 Å². The highest BCUT2D eigenvalue weighted by atomic mass is 32.2. The highest BCUT2D eigenvalue weighted by Crippen LogP contribution is 2.13. The molecule has 2 heterocycles. The van der Waals surface area contributed by atoms with Crippen LogP contribution >= 0.6 is 11.8 Å². The molecule has 2 N–H and O–H groups in total. The van der Waals surface area contributed by atoms with E-state index in [1.807, 2.05) is 6.26 Å². The molecular weight excluding hydrogens is 354 g/mol. The Hall–Kier alpha value is -2.74. The number of hydrogen-bond acceptors (Lipinski definition) is 5. The van der Waals surface area contributed by atoms with Crippen molar-refractivity contribution in [2.45, 2.75) is 19.0 Å². The van der Waals surface area contributed by atoms with Crippen LogP contribution in [0, 0.1) is 0 Å². The van der Waals surface area contributed by atoms with Crippen molar-refractivity contribution in [3.8, 4) is 0 Å². The predicted octanol–water partition coefficient (Wildman–Crippen LogP) is 1.89. The average Bonchev–Trinajstić information content (AvgIpc) is 3.16. The van der Waals surface area contributed by atoms with Crippen LogP contribution in [0.25, 0.3) is 10.9 Å². The fourth-order valence-corrected chi connectivity index (χ4v) is 3.23. The van der Waals surface area contributed by atoms with Gasteiger partial charge in [-0.15, -0.1) is 0 Å². The van der Waals surface area contributed by atoms with E-state index in [4.69, 9.17) is 4.42 Å². The fraction of sp³-hybridized carbons (Fsp3) is 0.278. The summed E-state index contributed by atoms with van der Waals surface area (Å²) >= 11 is 1.55. The van der Waals surface area contributed by atoms with Gasteiger partial charge in [-0.25, -0.2) is 9.36 Å². The number of hydrogen-bond donors (Lipinski definition) is 2. The summed E-state index contributed by atoms with van der Waals surface area (Å²) in [7, 11) is 0. The second kappa shape index (κ2) is 8.09. The smallest absolute Gasteiger partial charge is 0.329 e. The molecule has 3 rings (SSSR count). The van der Waals surface area contributed by atoms with E-state index < -0.39 is 23.2 Å². The first-order valence-corrected chi connectivity index (χ1v) is 9.54. The van der Waals surface area contributed by atoms with Crippen molar-refractivity contribution in [3.63, 3.8) is 0 Å². The zero-order chi connectivity index (χ0) is 18.5. The molecule has 0 saturated carbocycles. The first kappa shape index (κ1) is 18.1. The molecule has 0 aliphatic carbocycles. The van der Waals surface area contributed by atoms with Gasteiger partial charge in [-0.1, -0.05) is 12.1 Å². The van der Waals surface area contributed by atoms with Crippen LogP contribution in [0.4, 0.5) is 0 Å². The second-order valence-corrected chi connectivity index (χ2v) is 6.73. The van der Waals surface area contributed by atoms with Crippen LogP contribution in [0.15, 0.2) is 56.7 Å². The summed E-state index contributed by atoms with van der Waals surface area (Å²) in [6.07, 6.45) is 3.79. The SMILES string of the molecule is CSCCC(C(=O)NCc1ccco1)n1c(=O)[nH]c2ccccc2c1=O. The molecule has 0 fully saturated rings. The number of aromatic nitrogens is 2. The number of para-hydroxylation sites is 1. The molecule has 1 unspecified atom stereocenters. The molecule has 0 aliphatic rings. The van der Waals surface area contributed by atoms with Gasteiger partial charge in [0, 0.05) is 0 Å². The van der Waals surface area contributed by atoms with Crippen LogP contribution in [-0.4, -0.2) is 27.5 Å². The number of H-pyrrole nitrogens is 1. The number of thioether (sulfide) groups is 1. The summed E-state index contributed by atoms with van der Waals surface area (Å²) in [5.41, 5.74) is -0.602. The summed E-state index contributed by atoms with van der Waals surface area (Å²) in [5, 5.41) is 3.12. The van der Waals surface area contributed by atoms with E-state index in [1.165, 1.54) is 6.26 Å². The number of amides is 1. The molecule has 136 valence electrons. The lowest BCUT2D eigenvalue weighted by atomic mass is 10.2. The first-order chi connectivity index (χ1) is 12.6. The maximum absolute atomic E-state index is 12.8. The van der Waals surface area contributed by atoms with Gasteiger partial charge in [0.2, 0.25) is 5.91 Å². The number of nitrogens with zero attached hydrogens (tertiary/aromatic N) is 1. The highest BCUT2D eigenvalue weighted by molar-refractivity contribution is 7.98. The van der Waals surface area contributed by atoms with Gasteiger partial charge in [0.05, 0.1) is 23.7 Å². The minimum absolute atomic E-state index is 0.196. The summed E-state index contributed by atoms with van der Waals surface area (Å²) in [4.78, 5) is 40.7. The number of furan rings is 1. The van der Waals surface area contributed by atoms with E-state index in [9.17, 15) is 14.4 Å². The van der Waals surface area contributed by atoms with Gasteiger partial charge in [0.1, 0.15) is 11.8 Å². The van der Waals surface area contributed by atoms with Crippen molar-refractivity contribution >= 4 is 28.6 Å². The average molecular weight is 373 g/mol. The third kappa shape index (κ3) is 3.75. The van der Waals surface area contributed by atoms with Crippen LogP contribution in [0.2, 0.25) is 0 Å². The molecular formula is C18H19N3O4S. The van der Waals surface area contributed by atoms with E-state index in [1.54, 1.807) is 48.2 Å². The first-order valence-electron chi connectivity index (χ1n) is 8.14. The van der Waals surface area contributed by atoms with Crippen LogP contribution in [0.3, 0.4) is 0 Å². The lowest BCUT2D eigenvalue weighted by Gasteiger charge is -2.18. The van der Waals surface area contributed by atoms with Gasteiger partial charge in [0.25, 0.3) is 5.56 Å². The maximum atomic E-state index is 12.8. The van der Waals surface area contributed by atoms with Gasteiger partial charge < -0.3 is 14.7 Å². The zero-order valence-electron chi connectivity index (χ0n) is 14.2. The third-order valence-corrected chi connectivity index (χ3v) is 4.71. The van der Waals surface area contributed by atoms with Crippen LogP contribution in [0.5, 0.6) is 0 Å². The van der Waals surface area contributed by atoms with E-state index in [-0.39, 0.29) is 6.54 Å². The largest absolute Gasteiger partial charge is 0.467 e. The van der Waals surface area contributed by atoms with E-state index in [2.05, 4.69) is 10.3 Å². The molecule has 0 aliphatic heterocycles. The Morgan fingerprint density at radius 3 is 2.81 bits per heavy atom. The number of carbonyl (C=O) groups is 1. The van der Waals surface area contributed by atoms with Crippen molar-refractivity contribution < 1.29 is 9.21 Å². The Labute approximate surface area is 153 Å². The van der Waals surface area contributed by atoms with Crippen molar-refractivity contribution in [1.82, 2.24) is 14.9 Å². The molecule has 0 spiro atoms. The van der Waals surface area contributed by atoms with Gasteiger partial charge in [-0.2, -0.15) is 11.8 Å². The Morgan fingerprint density at radius 1 is 1.27 bits per heavy atom. The number of fused-ring (bicyclic) bond motifs is 1. The van der Waals surface area contributed by atoms with E-state index in [0.29, 0.717) is 28.8 Å².